The second-order valence-electron chi connectivity index (χ2n) is 23.7. The van der Waals surface area contributed by atoms with Gasteiger partial charge in [-0.2, -0.15) is 0 Å². The summed E-state index contributed by atoms with van der Waals surface area (Å²) in [6, 6.07) is 53.0. The van der Waals surface area contributed by atoms with Gasteiger partial charge in [0.1, 0.15) is 0 Å². The van der Waals surface area contributed by atoms with Crippen LogP contribution in [0.2, 0.25) is 39.9 Å². The van der Waals surface area contributed by atoms with Crippen LogP contribution in [-0.4, -0.2) is 55.1 Å². The van der Waals surface area contributed by atoms with Crippen LogP contribution in [0.1, 0.15) is 178 Å². The summed E-state index contributed by atoms with van der Waals surface area (Å²) in [7, 11) is 0. The average Bonchev–Trinajstić information content (AvgIpc) is 3.46. The Bertz CT molecular complexity index is 2470. The third kappa shape index (κ3) is 14.2. The standard InChI is InChI=1S/C36H21.9C4H9.3Sn/c1-4-10-28-19-31(16-13-25(28)7-1)34-22-35(32-17-14-26-8-2-5-11-29(26)20-32)24-36(23-34)33-18-15-27-9-3-6-12-30(27)21-33;9*1-3-4-2;;;/h1-18,22-24H;9*1,3-4H2,2H3;;;. The van der Waals surface area contributed by atoms with Gasteiger partial charge in [0.25, 0.3) is 0 Å². The zero-order valence-corrected chi connectivity index (χ0v) is 57.8. The Kier molecular flexibility index (Phi) is 24.4. The molecule has 3 heteroatoms. The van der Waals surface area contributed by atoms with Crippen molar-refractivity contribution in [1.29, 1.82) is 0 Å². The molecule has 0 radical (unpaired) electrons. The number of benzene rings is 7. The van der Waals surface area contributed by atoms with Crippen LogP contribution in [0.5, 0.6) is 0 Å². The molecule has 0 heterocycles. The summed E-state index contributed by atoms with van der Waals surface area (Å²) in [5.74, 6) is 0. The molecule has 0 aromatic heterocycles. The molecule has 0 atom stereocenters. The number of hydrogen-bond acceptors (Lipinski definition) is 0. The molecule has 0 spiro atoms. The van der Waals surface area contributed by atoms with Gasteiger partial charge in [-0.3, -0.25) is 0 Å². The Labute approximate surface area is 472 Å². The van der Waals surface area contributed by atoms with E-state index in [1.165, 1.54) is 188 Å². The Hall–Kier alpha value is -2.28. The normalized spacial score (nSPS) is 12.4. The van der Waals surface area contributed by atoms with E-state index in [0.29, 0.717) is 0 Å². The van der Waals surface area contributed by atoms with Crippen molar-refractivity contribution in [1.82, 2.24) is 0 Å². The number of hydrogen-bond donors (Lipinski definition) is 0. The summed E-state index contributed by atoms with van der Waals surface area (Å²) in [4.78, 5) is 0. The Morgan fingerprint density at radius 3 is 0.640 bits per heavy atom. The minimum absolute atomic E-state index is 1.29. The molecule has 0 unspecified atom stereocenters. The topological polar surface area (TPSA) is 0 Å². The first-order valence-corrected chi connectivity index (χ1v) is 53.9. The van der Waals surface area contributed by atoms with Gasteiger partial charge in [0.2, 0.25) is 0 Å². The van der Waals surface area contributed by atoms with Crippen LogP contribution in [0.4, 0.5) is 0 Å². The zero-order chi connectivity index (χ0) is 53.1. The van der Waals surface area contributed by atoms with Gasteiger partial charge in [0.15, 0.2) is 0 Å². The Morgan fingerprint density at radius 2 is 0.440 bits per heavy atom. The first-order valence-electron chi connectivity index (χ1n) is 31.5. The van der Waals surface area contributed by atoms with Crippen molar-refractivity contribution in [2.75, 3.05) is 0 Å². The van der Waals surface area contributed by atoms with E-state index in [1.807, 2.05) is 10.7 Å². The summed E-state index contributed by atoms with van der Waals surface area (Å²) in [6.45, 7) is 22.1. The van der Waals surface area contributed by atoms with Gasteiger partial charge in [0.05, 0.1) is 0 Å². The molecular weight excluding hydrogens is 1220 g/mol. The molecule has 7 rings (SSSR count). The molecule has 0 amide bonds. The first-order chi connectivity index (χ1) is 36.8. The van der Waals surface area contributed by atoms with Crippen LogP contribution >= 0.6 is 0 Å². The summed E-state index contributed by atoms with van der Waals surface area (Å²) >= 11 is -9.43. The quantitative estimate of drug-likeness (QED) is 0.0360. The Morgan fingerprint density at radius 1 is 0.240 bits per heavy atom. The summed E-state index contributed by atoms with van der Waals surface area (Å²) < 4.78 is 18.8. The van der Waals surface area contributed by atoms with Crippen LogP contribution in [0.15, 0.2) is 127 Å². The monoisotopic (exact) mass is 1330 g/mol. The first kappa shape index (κ1) is 60.4. The van der Waals surface area contributed by atoms with Crippen molar-refractivity contribution >= 4 is 98.2 Å². The molecule has 0 saturated carbocycles. The van der Waals surface area contributed by atoms with Gasteiger partial charge >= 0.3 is 477 Å². The van der Waals surface area contributed by atoms with Crippen molar-refractivity contribution < 1.29 is 0 Å². The van der Waals surface area contributed by atoms with Gasteiger partial charge in [-0.05, 0) is 0 Å². The third-order valence-corrected chi connectivity index (χ3v) is 65.7. The molecule has 0 N–H and O–H groups in total. The van der Waals surface area contributed by atoms with Gasteiger partial charge in [-0.1, -0.05) is 0 Å². The summed E-state index contributed by atoms with van der Waals surface area (Å²) in [5.41, 5.74) is 9.28. The SMILES string of the molecule is CCC[CH2][Sn]([CH2]CCC)([CH2]CCC)[c]1c(-c2cc(-c3ccc4ccccc4[c]3[Sn]([CH2]CCC)([CH2]CCC)[CH2]CCC)cc(-c3ccc4ccccc4[c]3[Sn]([CH2]CCC)([CH2]CCC)[CH2]CCC)c2)ccc2ccccc12. The molecule has 0 fully saturated rings. The zero-order valence-electron chi connectivity index (χ0n) is 49.2. The molecule has 7 aromatic rings. The molecule has 402 valence electrons. The van der Waals surface area contributed by atoms with Crippen LogP contribution in [0, 0.1) is 0 Å². The van der Waals surface area contributed by atoms with Crippen LogP contribution in [0.25, 0.3) is 65.7 Å². The molecule has 0 aliphatic rings. The van der Waals surface area contributed by atoms with Gasteiger partial charge in [-0.15, -0.1) is 0 Å². The van der Waals surface area contributed by atoms with Gasteiger partial charge in [-0.25, -0.2) is 0 Å². The molecule has 0 saturated heterocycles. The molecule has 0 aliphatic heterocycles. The maximum absolute atomic E-state index is 3.14. The molecule has 0 nitrogen and oxygen atoms in total. The summed E-state index contributed by atoms with van der Waals surface area (Å²) in [6.07, 6.45) is 23.9. The third-order valence-electron chi connectivity index (χ3n) is 18.3. The molecule has 7 aromatic carbocycles. The van der Waals surface area contributed by atoms with Crippen molar-refractivity contribution in [3.8, 4) is 33.4 Å². The number of unbranched alkanes of at least 4 members (excludes halogenated alkanes) is 9. The fraction of sp³-hybridized carbons (Fsp3) is 0.500. The second-order valence-corrected chi connectivity index (χ2v) is 62.7. The van der Waals surface area contributed by atoms with E-state index in [4.69, 9.17) is 0 Å². The van der Waals surface area contributed by atoms with E-state index in [-0.39, 0.29) is 0 Å². The van der Waals surface area contributed by atoms with E-state index in [0.717, 1.165) is 0 Å². The molecule has 0 aliphatic carbocycles. The Balaban J connectivity index is 1.70. The van der Waals surface area contributed by atoms with Crippen LogP contribution < -0.4 is 10.7 Å². The predicted octanol–water partition coefficient (Wildman–Crippen LogP) is 22.3. The van der Waals surface area contributed by atoms with E-state index in [9.17, 15) is 0 Å². The van der Waals surface area contributed by atoms with Crippen LogP contribution in [0.3, 0.4) is 0 Å². The van der Waals surface area contributed by atoms with Crippen molar-refractivity contribution in [3.05, 3.63) is 127 Å². The van der Waals surface area contributed by atoms with Gasteiger partial charge in [0, 0.05) is 0 Å². The van der Waals surface area contributed by atoms with Crippen molar-refractivity contribution in [2.24, 2.45) is 0 Å². The van der Waals surface area contributed by atoms with Crippen LogP contribution in [-0.2, 0) is 0 Å². The molecule has 75 heavy (non-hydrogen) atoms. The molecule has 0 bridgehead atoms. The van der Waals surface area contributed by atoms with E-state index in [2.05, 4.69) is 190 Å². The fourth-order valence-corrected chi connectivity index (χ4v) is 67.2. The number of fused-ring (bicyclic) bond motifs is 3. The fourth-order valence-electron chi connectivity index (χ4n) is 14.2. The molecular formula is C72H102Sn3. The minimum atomic E-state index is -3.14. The second kappa shape index (κ2) is 30.3. The van der Waals surface area contributed by atoms with E-state index in [1.54, 1.807) is 32.8 Å². The van der Waals surface area contributed by atoms with Crippen molar-refractivity contribution in [3.63, 3.8) is 0 Å². The summed E-state index contributed by atoms with van der Waals surface area (Å²) in [5, 5.41) is 9.12. The average molecular weight is 1320 g/mol. The van der Waals surface area contributed by atoms with Crippen molar-refractivity contribution in [2.45, 2.75) is 218 Å². The van der Waals surface area contributed by atoms with Gasteiger partial charge < -0.3 is 0 Å². The van der Waals surface area contributed by atoms with E-state index < -0.39 is 55.1 Å². The van der Waals surface area contributed by atoms with E-state index >= 15 is 0 Å². The predicted molar refractivity (Wildman–Crippen MR) is 349 cm³/mol. The number of rotatable bonds is 33. The maximum atomic E-state index is 2.79.